The van der Waals surface area contributed by atoms with Gasteiger partial charge in [0.2, 0.25) is 11.9 Å². The smallest absolute Gasteiger partial charge is 0.323 e. The number of halogens is 2. The van der Waals surface area contributed by atoms with E-state index >= 15 is 0 Å². The van der Waals surface area contributed by atoms with Crippen LogP contribution in [0, 0.1) is 0 Å². The van der Waals surface area contributed by atoms with Crippen molar-refractivity contribution in [3.05, 3.63) is 192 Å². The largest absolute Gasteiger partial charge is 0.492 e. The molecule has 18 nitrogen and oxygen atoms in total. The average molecular weight is 1140 g/mol. The number of rotatable bonds is 18. The van der Waals surface area contributed by atoms with Crippen molar-refractivity contribution in [2.75, 3.05) is 84.4 Å². The maximum atomic E-state index is 12.6. The molecule has 2 fully saturated rings. The number of nitrogens with zero attached hydrogens (tertiary/aromatic N) is 8. The SMILES string of the molecule is O=C(Nc1ccc(Cl)cc1)Nc1cccc(-c2cccc3nc(Nc4ccc(OCCN5CCCC5)cc4)nn23)c1.O=C(Nc1cccc(-c2cccc3nc(Nc4ccc(OCCN5CCCC5)cc4)nn23)c1)Nc1ccccc1Cl. The fourth-order valence-corrected chi connectivity index (χ4v) is 9.97. The van der Waals surface area contributed by atoms with Crippen LogP contribution in [0.5, 0.6) is 11.5 Å². The highest BCUT2D eigenvalue weighted by atomic mass is 35.5. The van der Waals surface area contributed by atoms with Crippen LogP contribution in [0.15, 0.2) is 182 Å². The van der Waals surface area contributed by atoms with E-state index in [1.165, 1.54) is 51.9 Å². The Bertz CT molecular complexity index is 3770. The van der Waals surface area contributed by atoms with Gasteiger partial charge in [-0.05, 0) is 185 Å². The number of hydrogen-bond donors (Lipinski definition) is 6. The Kier molecular flexibility index (Phi) is 17.6. The zero-order valence-corrected chi connectivity index (χ0v) is 46.3. The zero-order valence-electron chi connectivity index (χ0n) is 44.8. The van der Waals surface area contributed by atoms with Crippen LogP contribution >= 0.6 is 23.2 Å². The maximum Gasteiger partial charge on any atom is 0.323 e. The van der Waals surface area contributed by atoms with Crippen LogP contribution in [0.3, 0.4) is 0 Å². The molecule has 0 saturated carbocycles. The van der Waals surface area contributed by atoms with Gasteiger partial charge in [-0.2, -0.15) is 9.97 Å². The molecule has 12 rings (SSSR count). The quantitative estimate of drug-likeness (QED) is 0.0477. The van der Waals surface area contributed by atoms with Crippen molar-refractivity contribution >= 4 is 92.6 Å². The van der Waals surface area contributed by atoms with E-state index in [1.807, 2.05) is 146 Å². The van der Waals surface area contributed by atoms with Crippen LogP contribution in [0.4, 0.5) is 55.6 Å². The maximum absolute atomic E-state index is 12.6. The van der Waals surface area contributed by atoms with E-state index in [9.17, 15) is 9.59 Å². The average Bonchev–Trinajstić information content (AvgIpc) is 4.52. The monoisotopic (exact) mass is 1130 g/mol. The fraction of sp³-hybridized carbons (Fsp3) is 0.194. The molecule has 0 radical (unpaired) electrons. The molecular formula is C62H60Cl2N14O4. The van der Waals surface area contributed by atoms with Gasteiger partial charge in [0.15, 0.2) is 11.3 Å². The lowest BCUT2D eigenvalue weighted by molar-refractivity contribution is 0.237. The van der Waals surface area contributed by atoms with Crippen molar-refractivity contribution in [1.82, 2.24) is 39.0 Å². The van der Waals surface area contributed by atoms with Crippen LogP contribution < -0.4 is 41.4 Å². The Morgan fingerprint density at radius 3 is 1.38 bits per heavy atom. The topological polar surface area (TPSA) is 192 Å². The number of amides is 4. The third-order valence-corrected chi connectivity index (χ3v) is 14.3. The van der Waals surface area contributed by atoms with Gasteiger partial charge in [0.25, 0.3) is 0 Å². The number of likely N-dealkylation sites (tertiary alicyclic amines) is 2. The first-order chi connectivity index (χ1) is 40.2. The summed E-state index contributed by atoms with van der Waals surface area (Å²) in [5, 5.41) is 28.4. The molecule has 0 spiro atoms. The first-order valence-corrected chi connectivity index (χ1v) is 28.0. The molecule has 10 aromatic rings. The van der Waals surface area contributed by atoms with Gasteiger partial charge >= 0.3 is 12.1 Å². The summed E-state index contributed by atoms with van der Waals surface area (Å²) in [6.45, 7) is 7.98. The minimum absolute atomic E-state index is 0.349. The Morgan fingerprint density at radius 2 is 0.890 bits per heavy atom. The molecule has 2 aliphatic rings. The van der Waals surface area contributed by atoms with Crippen LogP contribution in [-0.4, -0.2) is 104 Å². The minimum atomic E-state index is -0.385. The first-order valence-electron chi connectivity index (χ1n) is 27.2. The van der Waals surface area contributed by atoms with Crippen molar-refractivity contribution in [1.29, 1.82) is 0 Å². The number of ether oxygens (including phenoxy) is 2. The lowest BCUT2D eigenvalue weighted by Gasteiger charge is -2.15. The van der Waals surface area contributed by atoms with Gasteiger partial charge in [-0.3, -0.25) is 9.80 Å². The van der Waals surface area contributed by atoms with Gasteiger partial charge in [0, 0.05) is 57.7 Å². The number of para-hydroxylation sites is 1. The number of fused-ring (bicyclic) bond motifs is 2. The first kappa shape index (κ1) is 54.7. The highest BCUT2D eigenvalue weighted by molar-refractivity contribution is 6.33. The van der Waals surface area contributed by atoms with E-state index in [0.29, 0.717) is 69.2 Å². The third-order valence-electron chi connectivity index (χ3n) is 13.7. The van der Waals surface area contributed by atoms with Gasteiger partial charge < -0.3 is 41.4 Å². The molecule has 4 amide bonds. The lowest BCUT2D eigenvalue weighted by Crippen LogP contribution is -2.25. The molecule has 20 heteroatoms. The molecule has 2 saturated heterocycles. The summed E-state index contributed by atoms with van der Waals surface area (Å²) in [4.78, 5) is 39.3. The summed E-state index contributed by atoms with van der Waals surface area (Å²) in [5.74, 6) is 2.65. The van der Waals surface area contributed by atoms with Crippen LogP contribution in [0.1, 0.15) is 25.7 Å². The summed E-state index contributed by atoms with van der Waals surface area (Å²) in [6.07, 6.45) is 5.14. The van der Waals surface area contributed by atoms with Crippen molar-refractivity contribution < 1.29 is 19.1 Å². The Hall–Kier alpha value is -9.20. The highest BCUT2D eigenvalue weighted by Gasteiger charge is 2.16. The Balaban J connectivity index is 0.000000172. The number of urea groups is 2. The van der Waals surface area contributed by atoms with Gasteiger partial charge in [0.05, 0.1) is 22.1 Å². The number of carbonyl (C=O) groups excluding carboxylic acids is 2. The fourth-order valence-electron chi connectivity index (χ4n) is 9.66. The summed E-state index contributed by atoms with van der Waals surface area (Å²) in [5.41, 5.74) is 9.02. The summed E-state index contributed by atoms with van der Waals surface area (Å²) in [6, 6.07) is 55.7. The van der Waals surface area contributed by atoms with E-state index in [1.54, 1.807) is 45.4 Å². The van der Waals surface area contributed by atoms with Crippen LogP contribution in [0.2, 0.25) is 10.0 Å². The second kappa shape index (κ2) is 26.4. The van der Waals surface area contributed by atoms with Crippen molar-refractivity contribution in [2.24, 2.45) is 0 Å². The number of nitrogens with one attached hydrogen (secondary N) is 6. The predicted octanol–water partition coefficient (Wildman–Crippen LogP) is 13.8. The molecule has 2 aliphatic heterocycles. The lowest BCUT2D eigenvalue weighted by atomic mass is 10.1. The van der Waals surface area contributed by atoms with Gasteiger partial charge in [-0.1, -0.05) is 71.7 Å². The second-order valence-electron chi connectivity index (χ2n) is 19.6. The Labute approximate surface area is 484 Å². The third kappa shape index (κ3) is 14.6. The number of anilines is 8. The molecule has 0 bridgehead atoms. The highest BCUT2D eigenvalue weighted by Crippen LogP contribution is 2.29. The van der Waals surface area contributed by atoms with E-state index < -0.39 is 0 Å². The number of hydrogen-bond acceptors (Lipinski definition) is 12. The molecule has 82 heavy (non-hydrogen) atoms. The van der Waals surface area contributed by atoms with Gasteiger partial charge in [-0.25, -0.2) is 18.6 Å². The number of benzene rings is 6. The van der Waals surface area contributed by atoms with Gasteiger partial charge in [-0.15, -0.1) is 10.2 Å². The molecule has 6 N–H and O–H groups in total. The van der Waals surface area contributed by atoms with Crippen LogP contribution in [-0.2, 0) is 0 Å². The molecule has 0 aliphatic carbocycles. The molecule has 6 aromatic carbocycles. The number of carbonyl (C=O) groups is 2. The predicted molar refractivity (Wildman–Crippen MR) is 327 cm³/mol. The van der Waals surface area contributed by atoms with Crippen molar-refractivity contribution in [3.8, 4) is 34.0 Å². The van der Waals surface area contributed by atoms with E-state index in [-0.39, 0.29) is 12.1 Å². The van der Waals surface area contributed by atoms with Crippen LogP contribution in [0.25, 0.3) is 33.8 Å². The standard InChI is InChI=1S/2C31H30ClN7O2/c32-23-9-11-25(12-10-23)34-31(40)35-26-6-3-5-22(21-26)28-7-4-8-29-36-30(37-39(28)29)33-24-13-15-27(16-14-24)41-20-19-38-17-1-2-18-38;32-26-9-1-2-10-27(26)35-31(40)34-24-8-5-7-22(21-24)28-11-6-12-29-36-30(37-39(28)29)33-23-13-15-25(16-14-23)41-20-19-38-17-3-4-18-38/h3-16,21H,1-2,17-20H2,(H,33,37)(H2,34,35,40);1-2,5-16,21H,3-4,17-20H2,(H,33,37)(H2,34,35,40). The number of pyridine rings is 2. The van der Waals surface area contributed by atoms with E-state index in [4.69, 9.17) is 42.9 Å². The number of aromatic nitrogens is 6. The molecule has 0 unspecified atom stereocenters. The molecule has 4 aromatic heterocycles. The zero-order chi connectivity index (χ0) is 56.0. The van der Waals surface area contributed by atoms with E-state index in [2.05, 4.69) is 51.7 Å². The Morgan fingerprint density at radius 1 is 0.451 bits per heavy atom. The molecular weight excluding hydrogens is 1080 g/mol. The molecule has 0 atom stereocenters. The van der Waals surface area contributed by atoms with Crippen molar-refractivity contribution in [3.63, 3.8) is 0 Å². The minimum Gasteiger partial charge on any atom is -0.492 e. The van der Waals surface area contributed by atoms with E-state index in [0.717, 1.165) is 58.5 Å². The second-order valence-corrected chi connectivity index (χ2v) is 20.5. The summed E-state index contributed by atoms with van der Waals surface area (Å²) < 4.78 is 15.4. The normalized spacial score (nSPS) is 13.3. The summed E-state index contributed by atoms with van der Waals surface area (Å²) in [7, 11) is 0. The van der Waals surface area contributed by atoms with Gasteiger partial charge in [0.1, 0.15) is 24.7 Å². The van der Waals surface area contributed by atoms with Crippen molar-refractivity contribution in [2.45, 2.75) is 25.7 Å². The summed E-state index contributed by atoms with van der Waals surface area (Å²) >= 11 is 12.1. The molecule has 416 valence electrons. The molecule has 6 heterocycles.